The van der Waals surface area contributed by atoms with Gasteiger partial charge < -0.3 is 15.4 Å². The first-order valence-corrected chi connectivity index (χ1v) is 7.62. The first-order chi connectivity index (χ1) is 9.28. The molecule has 0 radical (unpaired) electrons. The van der Waals surface area contributed by atoms with E-state index < -0.39 is 0 Å². The molecule has 0 saturated carbocycles. The monoisotopic (exact) mass is 316 g/mol. The first kappa shape index (κ1) is 17.1. The molecule has 2 N–H and O–H groups in total. The zero-order valence-corrected chi connectivity index (χ0v) is 13.2. The minimum Gasteiger partial charge on any atom is -0.494 e. The molecule has 2 rings (SSSR count). The van der Waals surface area contributed by atoms with Crippen molar-refractivity contribution in [2.24, 2.45) is 0 Å². The van der Waals surface area contributed by atoms with Crippen LogP contribution in [0.4, 0.5) is 0 Å². The molecule has 1 saturated heterocycles. The van der Waals surface area contributed by atoms with Gasteiger partial charge in [-0.25, -0.2) is 0 Å². The lowest BCUT2D eigenvalue weighted by Crippen LogP contribution is -2.37. The van der Waals surface area contributed by atoms with E-state index in [4.69, 9.17) is 4.74 Å². The number of thioether (sulfide) groups is 1. The van der Waals surface area contributed by atoms with Crippen molar-refractivity contribution in [1.82, 2.24) is 10.6 Å². The van der Waals surface area contributed by atoms with Crippen LogP contribution in [0.3, 0.4) is 0 Å². The molecular formula is C14H21ClN2O2S. The lowest BCUT2D eigenvalue weighted by atomic mass is 10.3. The van der Waals surface area contributed by atoms with E-state index in [2.05, 4.69) is 10.6 Å². The van der Waals surface area contributed by atoms with Gasteiger partial charge in [0.25, 0.3) is 0 Å². The van der Waals surface area contributed by atoms with Crippen LogP contribution in [0.5, 0.6) is 5.75 Å². The second-order valence-electron chi connectivity index (χ2n) is 4.45. The Kier molecular flexibility index (Phi) is 7.80. The summed E-state index contributed by atoms with van der Waals surface area (Å²) in [6, 6.07) is 8.14. The number of carbonyl (C=O) groups is 1. The van der Waals surface area contributed by atoms with Gasteiger partial charge in [-0.1, -0.05) is 0 Å². The van der Waals surface area contributed by atoms with E-state index in [1.54, 1.807) is 11.8 Å². The normalized spacial score (nSPS) is 17.4. The van der Waals surface area contributed by atoms with Crippen molar-refractivity contribution in [3.05, 3.63) is 24.3 Å². The van der Waals surface area contributed by atoms with Crippen LogP contribution in [0.15, 0.2) is 29.2 Å². The Morgan fingerprint density at radius 1 is 1.45 bits per heavy atom. The van der Waals surface area contributed by atoms with Crippen molar-refractivity contribution in [3.63, 3.8) is 0 Å². The largest absolute Gasteiger partial charge is 0.494 e. The van der Waals surface area contributed by atoms with Crippen molar-refractivity contribution in [2.45, 2.75) is 24.3 Å². The van der Waals surface area contributed by atoms with Crippen LogP contribution in [0, 0.1) is 0 Å². The fourth-order valence-corrected chi connectivity index (χ4v) is 2.70. The number of rotatable bonds is 6. The third kappa shape index (κ3) is 5.61. The number of halogens is 1. The van der Waals surface area contributed by atoms with Crippen LogP contribution in [-0.4, -0.2) is 37.4 Å². The summed E-state index contributed by atoms with van der Waals surface area (Å²) < 4.78 is 5.38. The lowest BCUT2D eigenvalue weighted by Gasteiger charge is -2.11. The summed E-state index contributed by atoms with van der Waals surface area (Å²) >= 11 is 1.55. The van der Waals surface area contributed by atoms with Crippen molar-refractivity contribution in [3.8, 4) is 5.75 Å². The van der Waals surface area contributed by atoms with Gasteiger partial charge in [-0.3, -0.25) is 4.79 Å². The van der Waals surface area contributed by atoms with Gasteiger partial charge in [0.2, 0.25) is 5.91 Å². The van der Waals surface area contributed by atoms with Gasteiger partial charge in [-0.05, 0) is 44.2 Å². The lowest BCUT2D eigenvalue weighted by molar-refractivity contribution is -0.119. The molecule has 1 aliphatic rings. The summed E-state index contributed by atoms with van der Waals surface area (Å²) in [5.74, 6) is 1.44. The molecule has 0 spiro atoms. The molecule has 0 aromatic heterocycles. The quantitative estimate of drug-likeness (QED) is 0.789. The first-order valence-electron chi connectivity index (χ1n) is 6.63. The highest BCUT2D eigenvalue weighted by molar-refractivity contribution is 8.00. The highest BCUT2D eigenvalue weighted by Crippen LogP contribution is 2.21. The summed E-state index contributed by atoms with van der Waals surface area (Å²) in [6.07, 6.45) is 1.03. The van der Waals surface area contributed by atoms with E-state index in [0.717, 1.165) is 30.2 Å². The Morgan fingerprint density at radius 3 is 2.80 bits per heavy atom. The van der Waals surface area contributed by atoms with E-state index in [-0.39, 0.29) is 18.3 Å². The average molecular weight is 317 g/mol. The molecule has 1 aromatic rings. The molecule has 1 aliphatic heterocycles. The number of hydrogen-bond acceptors (Lipinski definition) is 4. The number of nitrogens with one attached hydrogen (secondary N) is 2. The Balaban J connectivity index is 0.00000200. The standard InChI is InChI=1S/C14H20N2O2S.ClH/c1-2-18-12-3-5-13(6-4-12)19-10-14(17)16-11-7-8-15-9-11;/h3-6,11,15H,2,7-10H2,1H3,(H,16,17);1H. The second-order valence-corrected chi connectivity index (χ2v) is 5.50. The molecule has 6 heteroatoms. The summed E-state index contributed by atoms with van der Waals surface area (Å²) in [5, 5.41) is 6.27. The topological polar surface area (TPSA) is 50.4 Å². The predicted molar refractivity (Wildman–Crippen MR) is 85.0 cm³/mol. The highest BCUT2D eigenvalue weighted by Gasteiger charge is 2.16. The zero-order chi connectivity index (χ0) is 13.5. The van der Waals surface area contributed by atoms with Crippen molar-refractivity contribution >= 4 is 30.1 Å². The summed E-state index contributed by atoms with van der Waals surface area (Å²) in [6.45, 7) is 4.52. The number of amides is 1. The van der Waals surface area contributed by atoms with E-state index in [1.807, 2.05) is 31.2 Å². The summed E-state index contributed by atoms with van der Waals surface area (Å²) in [7, 11) is 0. The molecule has 1 fully saturated rings. The van der Waals surface area contributed by atoms with Gasteiger partial charge in [0, 0.05) is 17.5 Å². The minimum atomic E-state index is 0. The smallest absolute Gasteiger partial charge is 0.230 e. The Morgan fingerprint density at radius 2 is 2.20 bits per heavy atom. The molecule has 0 aliphatic carbocycles. The van der Waals surface area contributed by atoms with Crippen LogP contribution in [0.1, 0.15) is 13.3 Å². The summed E-state index contributed by atoms with van der Waals surface area (Å²) in [4.78, 5) is 12.8. The fraction of sp³-hybridized carbons (Fsp3) is 0.500. The fourth-order valence-electron chi connectivity index (χ4n) is 1.99. The molecule has 20 heavy (non-hydrogen) atoms. The SMILES string of the molecule is CCOc1ccc(SCC(=O)NC2CCNC2)cc1.Cl. The van der Waals surface area contributed by atoms with Crippen LogP contribution >= 0.6 is 24.2 Å². The predicted octanol–water partition coefficient (Wildman–Crippen LogP) is 2.08. The van der Waals surface area contributed by atoms with Gasteiger partial charge >= 0.3 is 0 Å². The molecule has 0 bridgehead atoms. The maximum atomic E-state index is 11.8. The van der Waals surface area contributed by atoms with Crippen LogP contribution in [0.2, 0.25) is 0 Å². The van der Waals surface area contributed by atoms with E-state index in [0.29, 0.717) is 18.4 Å². The molecular weight excluding hydrogens is 296 g/mol. The van der Waals surface area contributed by atoms with Gasteiger partial charge in [0.1, 0.15) is 5.75 Å². The highest BCUT2D eigenvalue weighted by atomic mass is 35.5. The number of ether oxygens (including phenoxy) is 1. The second kappa shape index (κ2) is 9.10. The van der Waals surface area contributed by atoms with Crippen LogP contribution < -0.4 is 15.4 Å². The van der Waals surface area contributed by atoms with E-state index in [1.165, 1.54) is 0 Å². The maximum absolute atomic E-state index is 11.8. The Labute approximate surface area is 130 Å². The minimum absolute atomic E-state index is 0. The van der Waals surface area contributed by atoms with Crippen molar-refractivity contribution in [1.29, 1.82) is 0 Å². The van der Waals surface area contributed by atoms with Gasteiger partial charge in [0.05, 0.1) is 12.4 Å². The van der Waals surface area contributed by atoms with E-state index in [9.17, 15) is 4.79 Å². The van der Waals surface area contributed by atoms with Crippen LogP contribution in [-0.2, 0) is 4.79 Å². The van der Waals surface area contributed by atoms with Gasteiger partial charge in [-0.15, -0.1) is 24.2 Å². The summed E-state index contributed by atoms with van der Waals surface area (Å²) in [5.41, 5.74) is 0. The van der Waals surface area contributed by atoms with Crippen LogP contribution in [0.25, 0.3) is 0 Å². The third-order valence-corrected chi connectivity index (χ3v) is 3.94. The average Bonchev–Trinajstić information content (AvgIpc) is 2.91. The molecule has 1 amide bonds. The van der Waals surface area contributed by atoms with E-state index >= 15 is 0 Å². The maximum Gasteiger partial charge on any atom is 0.230 e. The number of carbonyl (C=O) groups excluding carboxylic acids is 1. The van der Waals surface area contributed by atoms with Gasteiger partial charge in [0.15, 0.2) is 0 Å². The molecule has 112 valence electrons. The molecule has 1 heterocycles. The number of benzene rings is 1. The Hall–Kier alpha value is -0.910. The van der Waals surface area contributed by atoms with Gasteiger partial charge in [-0.2, -0.15) is 0 Å². The molecule has 1 aromatic carbocycles. The Bertz CT molecular complexity index is 408. The number of hydrogen-bond donors (Lipinski definition) is 2. The van der Waals surface area contributed by atoms with Crippen molar-refractivity contribution < 1.29 is 9.53 Å². The third-order valence-electron chi connectivity index (χ3n) is 2.93. The molecule has 1 atom stereocenters. The van der Waals surface area contributed by atoms with Crippen molar-refractivity contribution in [2.75, 3.05) is 25.4 Å². The zero-order valence-electron chi connectivity index (χ0n) is 11.6. The molecule has 1 unspecified atom stereocenters. The molecule has 4 nitrogen and oxygen atoms in total.